The van der Waals surface area contributed by atoms with Crippen LogP contribution in [0.15, 0.2) is 44.5 Å². The van der Waals surface area contributed by atoms with E-state index in [1.807, 2.05) is 29.9 Å². The lowest BCUT2D eigenvalue weighted by Crippen LogP contribution is -2.71. The van der Waals surface area contributed by atoms with Gasteiger partial charge in [0.1, 0.15) is 21.8 Å². The minimum Gasteiger partial charge on any atom is -0.543 e. The number of carboxylic acids is 2. The molecule has 0 aliphatic carbocycles. The maximum absolute atomic E-state index is 13.1. The average Bonchev–Trinajstić information content (AvgIpc) is 3.54. The molecular weight excluding hydrogens is 603 g/mol. The van der Waals surface area contributed by atoms with Crippen LogP contribution >= 0.6 is 46.2 Å². The summed E-state index contributed by atoms with van der Waals surface area (Å²) in [5, 5.41) is 27.9. The minimum atomic E-state index is -1.49. The third kappa shape index (κ3) is 5.47. The zero-order chi connectivity index (χ0) is 28.6. The second-order valence-electron chi connectivity index (χ2n) is 8.35. The number of anilines is 1. The molecule has 2 atom stereocenters. The summed E-state index contributed by atoms with van der Waals surface area (Å²) in [4.78, 5) is 63.3. The lowest BCUT2D eigenvalue weighted by Gasteiger charge is -2.50. The maximum atomic E-state index is 13.1. The number of nitrogens with two attached hydrogens (primary N) is 1. The van der Waals surface area contributed by atoms with E-state index in [9.17, 15) is 24.3 Å². The molecule has 0 unspecified atom stereocenters. The summed E-state index contributed by atoms with van der Waals surface area (Å²) in [6.07, 6.45) is 1.89. The number of nitrogens with zero attached hydrogens (tertiary/aromatic N) is 5. The van der Waals surface area contributed by atoms with Crippen LogP contribution in [-0.2, 0) is 31.1 Å². The summed E-state index contributed by atoms with van der Waals surface area (Å²) in [6, 6.07) is 2.80. The lowest BCUT2D eigenvalue weighted by atomic mass is 10.0. The number of hydrogen-bond acceptors (Lipinski definition) is 14. The predicted octanol–water partition coefficient (Wildman–Crippen LogP) is -0.839. The van der Waals surface area contributed by atoms with Crippen LogP contribution in [0.25, 0.3) is 10.3 Å². The molecule has 40 heavy (non-hydrogen) atoms. The molecule has 0 saturated carbocycles. The first kappa shape index (κ1) is 27.8. The van der Waals surface area contributed by atoms with Crippen LogP contribution in [0.5, 0.6) is 0 Å². The summed E-state index contributed by atoms with van der Waals surface area (Å²) in [7, 11) is 1.89. The predicted molar refractivity (Wildman–Crippen MR) is 145 cm³/mol. The van der Waals surface area contributed by atoms with Gasteiger partial charge in [0.2, 0.25) is 6.61 Å². The highest BCUT2D eigenvalue weighted by Gasteiger charge is 2.53. The van der Waals surface area contributed by atoms with Gasteiger partial charge in [-0.15, -0.1) is 23.1 Å². The average molecular weight is 622 g/mol. The van der Waals surface area contributed by atoms with Crippen molar-refractivity contribution >= 4 is 91.1 Å². The largest absolute Gasteiger partial charge is 0.543 e. The molecule has 2 aliphatic rings. The lowest BCUT2D eigenvalue weighted by molar-refractivity contribution is -0.646. The molecule has 2 amide bonds. The smallest absolute Gasteiger partial charge is 0.344 e. The fourth-order valence-corrected chi connectivity index (χ4v) is 8.09. The summed E-state index contributed by atoms with van der Waals surface area (Å²) in [6.45, 7) is -0.805. The Bertz CT molecular complexity index is 1600. The molecule has 3 aromatic heterocycles. The third-order valence-corrected chi connectivity index (χ3v) is 9.98. The van der Waals surface area contributed by atoms with Crippen molar-refractivity contribution in [2.45, 2.75) is 15.8 Å². The Morgan fingerprint density at radius 3 is 2.88 bits per heavy atom. The van der Waals surface area contributed by atoms with Gasteiger partial charge in [-0.2, -0.15) is 0 Å². The van der Waals surface area contributed by atoms with Gasteiger partial charge in [-0.3, -0.25) is 14.5 Å². The van der Waals surface area contributed by atoms with Gasteiger partial charge in [-0.05, 0) is 22.7 Å². The van der Waals surface area contributed by atoms with Crippen molar-refractivity contribution in [3.8, 4) is 0 Å². The van der Waals surface area contributed by atoms with E-state index >= 15 is 0 Å². The van der Waals surface area contributed by atoms with Crippen molar-refractivity contribution in [1.82, 2.24) is 20.2 Å². The van der Waals surface area contributed by atoms with Crippen LogP contribution in [0.4, 0.5) is 5.13 Å². The first-order valence-electron chi connectivity index (χ1n) is 11.3. The molecule has 0 aromatic carbocycles. The molecule has 5 heterocycles. The van der Waals surface area contributed by atoms with Crippen LogP contribution in [-0.4, -0.2) is 79.0 Å². The molecule has 3 aromatic rings. The zero-order valence-corrected chi connectivity index (χ0v) is 23.7. The Kier molecular flexibility index (Phi) is 7.92. The number of pyridine rings is 1. The maximum Gasteiger partial charge on any atom is 0.344 e. The fourth-order valence-electron chi connectivity index (χ4n) is 3.95. The number of aliphatic carboxylic acids is 2. The van der Waals surface area contributed by atoms with Crippen molar-refractivity contribution in [2.24, 2.45) is 12.2 Å². The number of thioether (sulfide) groups is 2. The summed E-state index contributed by atoms with van der Waals surface area (Å²) >= 11 is 5.18. The van der Waals surface area contributed by atoms with E-state index in [4.69, 9.17) is 15.7 Å². The number of aromatic nitrogens is 3. The summed E-state index contributed by atoms with van der Waals surface area (Å²) < 4.78 is 3.65. The van der Waals surface area contributed by atoms with Crippen molar-refractivity contribution in [1.29, 1.82) is 0 Å². The summed E-state index contributed by atoms with van der Waals surface area (Å²) in [5.41, 5.74) is 6.40. The number of rotatable bonds is 10. The van der Waals surface area contributed by atoms with Gasteiger partial charge in [-0.25, -0.2) is 14.3 Å². The van der Waals surface area contributed by atoms with Crippen molar-refractivity contribution in [2.75, 3.05) is 23.8 Å². The molecule has 1 fully saturated rings. The van der Waals surface area contributed by atoms with Gasteiger partial charge in [0.05, 0.1) is 24.9 Å². The first-order chi connectivity index (χ1) is 19.1. The Hall–Kier alpha value is -3.74. The van der Waals surface area contributed by atoms with Gasteiger partial charge in [0.15, 0.2) is 10.8 Å². The Labute approximate surface area is 241 Å². The van der Waals surface area contributed by atoms with E-state index < -0.39 is 41.8 Å². The number of carboxylic acid groups (broad SMARTS) is 2. The van der Waals surface area contributed by atoms with Gasteiger partial charge >= 0.3 is 11.6 Å². The highest BCUT2D eigenvalue weighted by Crippen LogP contribution is 2.42. The number of nitrogens with one attached hydrogen (secondary N) is 1. The van der Waals surface area contributed by atoms with E-state index in [1.165, 1.54) is 40.2 Å². The Morgan fingerprint density at radius 2 is 2.20 bits per heavy atom. The molecule has 14 nitrogen and oxygen atoms in total. The van der Waals surface area contributed by atoms with E-state index in [0.29, 0.717) is 11.3 Å². The topological polar surface area (TPSA) is 204 Å². The molecule has 18 heteroatoms. The molecule has 4 N–H and O–H groups in total. The quantitative estimate of drug-likeness (QED) is 0.0834. The fraction of sp³-hybridized carbons (Fsp3) is 0.273. The molecule has 1 saturated heterocycles. The number of fused-ring (bicyclic) bond motifs is 2. The molecule has 2 aliphatic heterocycles. The molecule has 0 bridgehead atoms. The zero-order valence-electron chi connectivity index (χ0n) is 20.4. The molecule has 208 valence electrons. The Morgan fingerprint density at radius 1 is 1.40 bits per heavy atom. The van der Waals surface area contributed by atoms with Crippen LogP contribution in [0.2, 0.25) is 0 Å². The third-order valence-electron chi connectivity index (χ3n) is 5.73. The number of carbonyl (C=O) groups is 4. The molecule has 0 radical (unpaired) electrons. The number of amides is 2. The van der Waals surface area contributed by atoms with Crippen molar-refractivity contribution in [3.63, 3.8) is 0 Å². The molecule has 5 rings (SSSR count). The van der Waals surface area contributed by atoms with Crippen LogP contribution in [0.3, 0.4) is 0 Å². The summed E-state index contributed by atoms with van der Waals surface area (Å²) in [5.74, 6) is -3.71. The van der Waals surface area contributed by atoms with Crippen LogP contribution in [0, 0.1) is 0 Å². The number of aryl methyl sites for hydroxylation is 1. The van der Waals surface area contributed by atoms with Crippen molar-refractivity contribution < 1.29 is 38.8 Å². The van der Waals surface area contributed by atoms with Crippen LogP contribution in [0.1, 0.15) is 5.69 Å². The monoisotopic (exact) mass is 621 g/mol. The van der Waals surface area contributed by atoms with E-state index in [0.717, 1.165) is 30.9 Å². The number of thiazole rings is 2. The standard InChI is InChI=1S/C22H19N7O7S4/c1-28-4-2-3-11-16(28)26-22(40-11)39-7-9-6-37-19-14(18(33)29(19)15(9)20(34)35)25-17(32)13(27-36-5-12(30)31)10-8-38-21(23)24-10/h2-4,8,14,19H,5-7H2,1H3,(H4-,23,24,25,30,31,32,34,35)/b27-13-/t14-,19-/m0/s1. The van der Waals surface area contributed by atoms with E-state index in [-0.39, 0.29) is 28.0 Å². The number of carbonyl (C=O) groups excluding carboxylic acids is 3. The number of nitrogen functional groups attached to an aromatic ring is 1. The number of hydrogen-bond donors (Lipinski definition) is 3. The second-order valence-corrected chi connectivity index (χ2v) is 12.6. The van der Waals surface area contributed by atoms with E-state index in [2.05, 4.69) is 20.4 Å². The minimum absolute atomic E-state index is 0.0309. The van der Waals surface area contributed by atoms with Gasteiger partial charge in [0, 0.05) is 16.9 Å². The molecule has 0 spiro atoms. The number of β-lactam (4-membered cyclic amide) rings is 1. The first-order valence-corrected chi connectivity index (χ1v) is 15.1. The van der Waals surface area contributed by atoms with Gasteiger partial charge < -0.3 is 30.9 Å². The molecular formula is C22H19N7O7S4. The van der Waals surface area contributed by atoms with Crippen molar-refractivity contribution in [3.05, 3.63) is 40.7 Å². The van der Waals surface area contributed by atoms with Gasteiger partial charge in [-0.1, -0.05) is 28.3 Å². The normalized spacial score (nSPS) is 18.9. The van der Waals surface area contributed by atoms with E-state index in [1.54, 1.807) is 0 Å². The van der Waals surface area contributed by atoms with Gasteiger partial charge in [0.25, 0.3) is 16.2 Å². The Balaban J connectivity index is 1.31. The SMILES string of the molecule is C[n+]1cccc2sc(SCC3=C(C(=O)[O-])N4C(=O)[C@H](NC(=O)/C(=N\OCC(=O)O)c5csc(N)n5)[C@@H]4SC3)nc21. The second kappa shape index (κ2) is 11.4. The number of oxime groups is 1. The highest BCUT2D eigenvalue weighted by molar-refractivity contribution is 8.02. The highest BCUT2D eigenvalue weighted by atomic mass is 32.2. The van der Waals surface area contributed by atoms with Crippen LogP contribution < -0.4 is 20.7 Å².